The quantitative estimate of drug-likeness (QED) is 0.472. The van der Waals surface area contributed by atoms with Crippen molar-refractivity contribution in [3.05, 3.63) is 96.1 Å². The van der Waals surface area contributed by atoms with Crippen LogP contribution in [0.25, 0.3) is 22.4 Å². The third-order valence-electron chi connectivity index (χ3n) is 4.04. The molecule has 0 bridgehead atoms. The first kappa shape index (κ1) is 16.3. The van der Waals surface area contributed by atoms with Crippen molar-refractivity contribution in [3.63, 3.8) is 0 Å². The molecular weight excluding hydrogens is 342 g/mol. The number of nitrogens with zero attached hydrogens (tertiary/aromatic N) is 2. The maximum Gasteiger partial charge on any atom is 0.227 e. The van der Waals surface area contributed by atoms with Gasteiger partial charge >= 0.3 is 0 Å². The summed E-state index contributed by atoms with van der Waals surface area (Å²) in [6.07, 6.45) is 1.76. The Hall–Kier alpha value is -3.17. The molecule has 3 nitrogen and oxygen atoms in total. The number of benzene rings is 3. The second-order valence-corrected chi connectivity index (χ2v) is 6.28. The van der Waals surface area contributed by atoms with Crippen molar-refractivity contribution in [3.8, 4) is 22.4 Å². The summed E-state index contributed by atoms with van der Waals surface area (Å²) >= 11 is 5.92. The lowest BCUT2D eigenvalue weighted by Crippen LogP contribution is -1.97. The molecule has 4 rings (SSSR count). The van der Waals surface area contributed by atoms with Gasteiger partial charge in [-0.3, -0.25) is 0 Å². The largest absolute Gasteiger partial charge is 0.324 e. The molecule has 1 aromatic heterocycles. The average molecular weight is 358 g/mol. The van der Waals surface area contributed by atoms with Crippen molar-refractivity contribution in [1.29, 1.82) is 0 Å². The van der Waals surface area contributed by atoms with Gasteiger partial charge in [0, 0.05) is 22.5 Å². The minimum absolute atomic E-state index is 0.553. The summed E-state index contributed by atoms with van der Waals surface area (Å²) in [6, 6.07) is 28.1. The van der Waals surface area contributed by atoms with Crippen LogP contribution in [-0.2, 0) is 0 Å². The zero-order chi connectivity index (χ0) is 17.8. The van der Waals surface area contributed by atoms with Gasteiger partial charge in [-0.25, -0.2) is 9.97 Å². The van der Waals surface area contributed by atoms with Crippen molar-refractivity contribution in [2.45, 2.75) is 0 Å². The molecule has 0 amide bonds. The van der Waals surface area contributed by atoms with E-state index >= 15 is 0 Å². The second kappa shape index (κ2) is 7.38. The van der Waals surface area contributed by atoms with Crippen LogP contribution >= 0.6 is 11.6 Å². The highest BCUT2D eigenvalue weighted by molar-refractivity contribution is 6.30. The van der Waals surface area contributed by atoms with E-state index < -0.39 is 0 Å². The summed E-state index contributed by atoms with van der Waals surface area (Å²) in [5, 5.41) is 3.90. The van der Waals surface area contributed by atoms with E-state index in [2.05, 4.69) is 51.7 Å². The normalized spacial score (nSPS) is 10.5. The fraction of sp³-hybridized carbons (Fsp3) is 0. The molecule has 0 aliphatic heterocycles. The molecule has 4 aromatic rings. The Labute approximate surface area is 157 Å². The molecule has 0 radical (unpaired) electrons. The van der Waals surface area contributed by atoms with Crippen molar-refractivity contribution >= 4 is 23.2 Å². The summed E-state index contributed by atoms with van der Waals surface area (Å²) in [4.78, 5) is 8.90. The molecule has 0 aliphatic rings. The number of nitrogens with one attached hydrogen (secondary N) is 1. The predicted molar refractivity (Wildman–Crippen MR) is 108 cm³/mol. The number of aromatic nitrogens is 2. The zero-order valence-corrected chi connectivity index (χ0v) is 14.7. The Morgan fingerprint density at radius 3 is 2.04 bits per heavy atom. The summed E-state index contributed by atoms with van der Waals surface area (Å²) in [5.41, 5.74) is 5.20. The topological polar surface area (TPSA) is 37.8 Å². The SMILES string of the molecule is Clc1ccc(Nc2nccc(-c3ccc(-c4ccccc4)cc3)n2)cc1. The number of rotatable bonds is 4. The van der Waals surface area contributed by atoms with E-state index in [1.807, 2.05) is 48.5 Å². The molecule has 0 saturated carbocycles. The molecule has 0 saturated heterocycles. The van der Waals surface area contributed by atoms with Crippen LogP contribution < -0.4 is 5.32 Å². The summed E-state index contributed by atoms with van der Waals surface area (Å²) < 4.78 is 0. The Morgan fingerprint density at radius 1 is 0.654 bits per heavy atom. The van der Waals surface area contributed by atoms with Crippen molar-refractivity contribution in [2.75, 3.05) is 5.32 Å². The monoisotopic (exact) mass is 357 g/mol. The van der Waals surface area contributed by atoms with Crippen LogP contribution in [0.15, 0.2) is 91.1 Å². The van der Waals surface area contributed by atoms with Crippen LogP contribution in [-0.4, -0.2) is 9.97 Å². The lowest BCUT2D eigenvalue weighted by atomic mass is 10.0. The minimum atomic E-state index is 0.553. The average Bonchev–Trinajstić information content (AvgIpc) is 2.71. The van der Waals surface area contributed by atoms with Crippen molar-refractivity contribution in [1.82, 2.24) is 9.97 Å². The number of anilines is 2. The molecule has 0 spiro atoms. The van der Waals surface area contributed by atoms with Gasteiger partial charge in [-0.1, -0.05) is 66.2 Å². The van der Waals surface area contributed by atoms with Crippen molar-refractivity contribution in [2.24, 2.45) is 0 Å². The lowest BCUT2D eigenvalue weighted by molar-refractivity contribution is 1.17. The van der Waals surface area contributed by atoms with Gasteiger partial charge in [0.15, 0.2) is 0 Å². The molecule has 0 unspecified atom stereocenters. The maximum atomic E-state index is 5.92. The van der Waals surface area contributed by atoms with Crippen LogP contribution in [0.2, 0.25) is 5.02 Å². The number of hydrogen-bond acceptors (Lipinski definition) is 3. The van der Waals surface area contributed by atoms with Gasteiger partial charge in [0.1, 0.15) is 0 Å². The molecule has 0 aliphatic carbocycles. The molecular formula is C22H16ClN3. The van der Waals surface area contributed by atoms with Gasteiger partial charge in [0.25, 0.3) is 0 Å². The molecule has 0 atom stereocenters. The molecule has 1 N–H and O–H groups in total. The van der Waals surface area contributed by atoms with Gasteiger partial charge in [-0.15, -0.1) is 0 Å². The van der Waals surface area contributed by atoms with Crippen molar-refractivity contribution < 1.29 is 0 Å². The molecule has 4 heteroatoms. The van der Waals surface area contributed by atoms with E-state index in [1.165, 1.54) is 11.1 Å². The fourth-order valence-corrected chi connectivity index (χ4v) is 2.83. The summed E-state index contributed by atoms with van der Waals surface area (Å²) in [6.45, 7) is 0. The molecule has 3 aromatic carbocycles. The maximum absolute atomic E-state index is 5.92. The third-order valence-corrected chi connectivity index (χ3v) is 4.30. The van der Waals surface area contributed by atoms with Gasteiger partial charge in [-0.2, -0.15) is 0 Å². The zero-order valence-electron chi connectivity index (χ0n) is 13.9. The first-order chi connectivity index (χ1) is 12.8. The van der Waals surface area contributed by atoms with E-state index in [0.29, 0.717) is 11.0 Å². The smallest absolute Gasteiger partial charge is 0.227 e. The summed E-state index contributed by atoms with van der Waals surface area (Å²) in [7, 11) is 0. The van der Waals surface area contributed by atoms with Gasteiger partial charge in [-0.05, 0) is 41.5 Å². The summed E-state index contributed by atoms with van der Waals surface area (Å²) in [5.74, 6) is 0.553. The molecule has 26 heavy (non-hydrogen) atoms. The van der Waals surface area contributed by atoms with Crippen LogP contribution in [0.5, 0.6) is 0 Å². The van der Waals surface area contributed by atoms with E-state index in [9.17, 15) is 0 Å². The highest BCUT2D eigenvalue weighted by Crippen LogP contribution is 2.24. The predicted octanol–water partition coefficient (Wildman–Crippen LogP) is 6.21. The van der Waals surface area contributed by atoms with Gasteiger partial charge < -0.3 is 5.32 Å². The molecule has 1 heterocycles. The van der Waals surface area contributed by atoms with E-state index in [0.717, 1.165) is 16.9 Å². The molecule has 126 valence electrons. The van der Waals surface area contributed by atoms with Crippen LogP contribution in [0, 0.1) is 0 Å². The Balaban J connectivity index is 1.57. The Bertz CT molecular complexity index is 997. The number of halogens is 1. The standard InChI is InChI=1S/C22H16ClN3/c23-19-10-12-20(13-11-19)25-22-24-15-14-21(26-22)18-8-6-17(7-9-18)16-4-2-1-3-5-16/h1-15H,(H,24,25,26). The van der Waals surface area contributed by atoms with Gasteiger partial charge in [0.05, 0.1) is 5.69 Å². The second-order valence-electron chi connectivity index (χ2n) is 5.84. The van der Waals surface area contributed by atoms with E-state index in [-0.39, 0.29) is 0 Å². The number of hydrogen-bond donors (Lipinski definition) is 1. The third kappa shape index (κ3) is 3.73. The first-order valence-electron chi connectivity index (χ1n) is 8.29. The highest BCUT2D eigenvalue weighted by atomic mass is 35.5. The Morgan fingerprint density at radius 2 is 1.31 bits per heavy atom. The fourth-order valence-electron chi connectivity index (χ4n) is 2.71. The van der Waals surface area contributed by atoms with Crippen LogP contribution in [0.1, 0.15) is 0 Å². The van der Waals surface area contributed by atoms with E-state index in [1.54, 1.807) is 6.20 Å². The highest BCUT2D eigenvalue weighted by Gasteiger charge is 2.04. The van der Waals surface area contributed by atoms with Crippen LogP contribution in [0.3, 0.4) is 0 Å². The molecule has 0 fully saturated rings. The van der Waals surface area contributed by atoms with Crippen LogP contribution in [0.4, 0.5) is 11.6 Å². The van der Waals surface area contributed by atoms with E-state index in [4.69, 9.17) is 11.6 Å². The first-order valence-corrected chi connectivity index (χ1v) is 8.67. The van der Waals surface area contributed by atoms with Gasteiger partial charge in [0.2, 0.25) is 5.95 Å². The minimum Gasteiger partial charge on any atom is -0.324 e. The Kier molecular flexibility index (Phi) is 4.63. The lowest BCUT2D eigenvalue weighted by Gasteiger charge is -2.08.